The topological polar surface area (TPSA) is 58.4 Å². The van der Waals surface area contributed by atoms with Gasteiger partial charge in [0.2, 0.25) is 5.91 Å². The Balaban J connectivity index is 2.38. The van der Waals surface area contributed by atoms with Crippen LogP contribution in [0.2, 0.25) is 0 Å². The first kappa shape index (κ1) is 18.4. The van der Waals surface area contributed by atoms with Crippen LogP contribution in [0.3, 0.4) is 0 Å². The summed E-state index contributed by atoms with van der Waals surface area (Å²) in [6.45, 7) is 13.1. The van der Waals surface area contributed by atoms with Crippen LogP contribution in [-0.4, -0.2) is 42.5 Å². The summed E-state index contributed by atoms with van der Waals surface area (Å²) in [6.07, 6.45) is 6.74. The van der Waals surface area contributed by atoms with Crippen molar-refractivity contribution in [2.24, 2.45) is 11.1 Å². The normalized spacial score (nSPS) is 22.5. The summed E-state index contributed by atoms with van der Waals surface area (Å²) in [4.78, 5) is 14.2. The molecule has 1 saturated heterocycles. The number of nitrogens with one attached hydrogen (secondary N) is 1. The molecule has 124 valence electrons. The monoisotopic (exact) mass is 297 g/mol. The summed E-state index contributed by atoms with van der Waals surface area (Å²) >= 11 is 0. The fraction of sp³-hybridized carbons (Fsp3) is 0.941. The average molecular weight is 297 g/mol. The van der Waals surface area contributed by atoms with Crippen LogP contribution in [0, 0.1) is 5.41 Å². The van der Waals surface area contributed by atoms with E-state index in [9.17, 15) is 4.79 Å². The van der Waals surface area contributed by atoms with Gasteiger partial charge < -0.3 is 16.0 Å². The summed E-state index contributed by atoms with van der Waals surface area (Å²) in [5, 5.41) is 3.32. The largest absolute Gasteiger partial charge is 0.368 e. The number of carbonyl (C=O) groups excluding carboxylic acids is 1. The molecule has 1 heterocycles. The van der Waals surface area contributed by atoms with Crippen molar-refractivity contribution in [3.05, 3.63) is 0 Å². The zero-order valence-electron chi connectivity index (χ0n) is 14.5. The van der Waals surface area contributed by atoms with E-state index in [-0.39, 0.29) is 5.91 Å². The molecule has 4 nitrogen and oxygen atoms in total. The van der Waals surface area contributed by atoms with E-state index in [1.807, 2.05) is 6.92 Å². The zero-order chi connectivity index (χ0) is 15.9. The molecule has 0 bridgehead atoms. The van der Waals surface area contributed by atoms with Crippen LogP contribution in [-0.2, 0) is 4.79 Å². The summed E-state index contributed by atoms with van der Waals surface area (Å²) in [7, 11) is 0. The predicted molar refractivity (Wildman–Crippen MR) is 89.2 cm³/mol. The van der Waals surface area contributed by atoms with Gasteiger partial charge in [0.05, 0.1) is 5.54 Å². The lowest BCUT2D eigenvalue weighted by atomic mass is 9.85. The average Bonchev–Trinajstić information content (AvgIpc) is 2.57. The molecule has 0 aromatic rings. The Morgan fingerprint density at radius 2 is 2.05 bits per heavy atom. The number of nitrogens with two attached hydrogens (primary N) is 1. The molecule has 0 saturated carbocycles. The Hall–Kier alpha value is -0.610. The number of primary amides is 1. The van der Waals surface area contributed by atoms with E-state index in [1.165, 1.54) is 32.4 Å². The van der Waals surface area contributed by atoms with Gasteiger partial charge in [-0.25, -0.2) is 0 Å². The highest BCUT2D eigenvalue weighted by Crippen LogP contribution is 2.29. The first-order valence-electron chi connectivity index (χ1n) is 8.56. The highest BCUT2D eigenvalue weighted by atomic mass is 16.1. The van der Waals surface area contributed by atoms with E-state index in [1.54, 1.807) is 0 Å². The van der Waals surface area contributed by atoms with Gasteiger partial charge in [-0.15, -0.1) is 0 Å². The molecular formula is C17H35N3O. The molecule has 21 heavy (non-hydrogen) atoms. The predicted octanol–water partition coefficient (Wildman–Crippen LogP) is 2.52. The van der Waals surface area contributed by atoms with Gasteiger partial charge in [-0.1, -0.05) is 20.8 Å². The van der Waals surface area contributed by atoms with Crippen LogP contribution in [0.25, 0.3) is 0 Å². The minimum atomic E-state index is -0.554. The van der Waals surface area contributed by atoms with Crippen LogP contribution >= 0.6 is 0 Å². The van der Waals surface area contributed by atoms with Crippen LogP contribution < -0.4 is 11.1 Å². The van der Waals surface area contributed by atoms with Crippen molar-refractivity contribution in [2.75, 3.05) is 26.2 Å². The van der Waals surface area contributed by atoms with Crippen molar-refractivity contribution in [1.29, 1.82) is 0 Å². The maximum absolute atomic E-state index is 11.7. The smallest absolute Gasteiger partial charge is 0.237 e. The maximum atomic E-state index is 11.7. The van der Waals surface area contributed by atoms with E-state index < -0.39 is 5.54 Å². The van der Waals surface area contributed by atoms with Crippen molar-refractivity contribution in [2.45, 2.75) is 71.8 Å². The Kier molecular flexibility index (Phi) is 7.14. The molecule has 0 spiro atoms. The van der Waals surface area contributed by atoms with Crippen LogP contribution in [0.15, 0.2) is 0 Å². The van der Waals surface area contributed by atoms with Crippen LogP contribution in [0.4, 0.5) is 0 Å². The SMILES string of the molecule is CCCNC(C)(CCCN1CCCC(C)(C)CC1)C(N)=O. The third-order valence-corrected chi connectivity index (χ3v) is 4.89. The standard InChI is InChI=1S/C17H35N3O/c1-5-11-19-17(4,15(18)21)9-7-13-20-12-6-8-16(2,3)10-14-20/h19H,5-14H2,1-4H3,(H2,18,21). The fourth-order valence-corrected chi connectivity index (χ4v) is 3.06. The number of carbonyl (C=O) groups is 1. The zero-order valence-corrected chi connectivity index (χ0v) is 14.5. The lowest BCUT2D eigenvalue weighted by Gasteiger charge is -2.29. The maximum Gasteiger partial charge on any atom is 0.237 e. The molecule has 0 aromatic carbocycles. The molecule has 0 aromatic heterocycles. The summed E-state index contributed by atoms with van der Waals surface area (Å²) in [5.74, 6) is -0.229. The Morgan fingerprint density at radius 3 is 2.67 bits per heavy atom. The first-order valence-corrected chi connectivity index (χ1v) is 8.56. The van der Waals surface area contributed by atoms with Gasteiger partial charge in [0, 0.05) is 0 Å². The summed E-state index contributed by atoms with van der Waals surface area (Å²) < 4.78 is 0. The lowest BCUT2D eigenvalue weighted by molar-refractivity contribution is -0.124. The lowest BCUT2D eigenvalue weighted by Crippen LogP contribution is -2.53. The van der Waals surface area contributed by atoms with Gasteiger partial charge in [0.25, 0.3) is 0 Å². The van der Waals surface area contributed by atoms with Gasteiger partial charge in [-0.3, -0.25) is 4.79 Å². The van der Waals surface area contributed by atoms with Crippen LogP contribution in [0.1, 0.15) is 66.2 Å². The number of rotatable bonds is 8. The van der Waals surface area contributed by atoms with Crippen molar-refractivity contribution >= 4 is 5.91 Å². The molecule has 0 aliphatic carbocycles. The number of nitrogens with zero attached hydrogens (tertiary/aromatic N) is 1. The molecule has 1 rings (SSSR count). The highest BCUT2D eigenvalue weighted by Gasteiger charge is 2.30. The minimum Gasteiger partial charge on any atom is -0.368 e. The molecule has 1 amide bonds. The highest BCUT2D eigenvalue weighted by molar-refractivity contribution is 5.84. The van der Waals surface area contributed by atoms with E-state index in [0.717, 1.165) is 32.4 Å². The van der Waals surface area contributed by atoms with E-state index >= 15 is 0 Å². The van der Waals surface area contributed by atoms with E-state index in [0.29, 0.717) is 5.41 Å². The minimum absolute atomic E-state index is 0.229. The second-order valence-corrected chi connectivity index (χ2v) is 7.59. The van der Waals surface area contributed by atoms with Crippen molar-refractivity contribution in [1.82, 2.24) is 10.2 Å². The molecule has 1 fully saturated rings. The van der Waals surface area contributed by atoms with Crippen LogP contribution in [0.5, 0.6) is 0 Å². The van der Waals surface area contributed by atoms with E-state index in [4.69, 9.17) is 5.73 Å². The molecule has 3 N–H and O–H groups in total. The number of amides is 1. The van der Waals surface area contributed by atoms with E-state index in [2.05, 4.69) is 31.0 Å². The third-order valence-electron chi connectivity index (χ3n) is 4.89. The fourth-order valence-electron chi connectivity index (χ4n) is 3.06. The third kappa shape index (κ3) is 6.35. The van der Waals surface area contributed by atoms with Gasteiger partial charge in [-0.2, -0.15) is 0 Å². The van der Waals surface area contributed by atoms with Gasteiger partial charge in [0.15, 0.2) is 0 Å². The first-order chi connectivity index (χ1) is 9.79. The second kappa shape index (κ2) is 8.14. The number of hydrogen-bond acceptors (Lipinski definition) is 3. The molecule has 1 aliphatic rings. The van der Waals surface area contributed by atoms with Crippen molar-refractivity contribution in [3.8, 4) is 0 Å². The molecule has 4 heteroatoms. The van der Waals surface area contributed by atoms with Crippen molar-refractivity contribution < 1.29 is 4.79 Å². The Morgan fingerprint density at radius 1 is 1.33 bits per heavy atom. The summed E-state index contributed by atoms with van der Waals surface area (Å²) in [6, 6.07) is 0. The Labute approximate surface area is 130 Å². The quantitative estimate of drug-likeness (QED) is 0.724. The molecular weight excluding hydrogens is 262 g/mol. The molecule has 0 radical (unpaired) electrons. The van der Waals surface area contributed by atoms with Crippen molar-refractivity contribution in [3.63, 3.8) is 0 Å². The summed E-state index contributed by atoms with van der Waals surface area (Å²) in [5.41, 5.74) is 5.51. The van der Waals surface area contributed by atoms with Gasteiger partial charge in [0.1, 0.15) is 0 Å². The molecule has 1 atom stereocenters. The van der Waals surface area contributed by atoms with Gasteiger partial charge >= 0.3 is 0 Å². The molecule has 1 unspecified atom stereocenters. The second-order valence-electron chi connectivity index (χ2n) is 7.59. The number of hydrogen-bond donors (Lipinski definition) is 2. The number of likely N-dealkylation sites (tertiary alicyclic amines) is 1. The Bertz CT molecular complexity index is 330. The molecule has 1 aliphatic heterocycles. The van der Waals surface area contributed by atoms with Gasteiger partial charge in [-0.05, 0) is 77.0 Å².